The molecule has 55 heavy (non-hydrogen) atoms. The molecule has 1 aromatic heterocycles. The molecular weight excluding hydrogens is 718 g/mol. The number of ether oxygens (including phenoxy) is 2. The largest absolute Gasteiger partial charge is 0.507 e. The van der Waals surface area contributed by atoms with E-state index in [-0.39, 0.29) is 37.9 Å². The van der Waals surface area contributed by atoms with E-state index in [1.54, 1.807) is 75.1 Å². The van der Waals surface area contributed by atoms with Gasteiger partial charge in [0.1, 0.15) is 29.7 Å². The number of carbonyl (C=O) groups excluding carboxylic acids is 3. The number of benzene rings is 4. The molecule has 1 saturated heterocycles. The van der Waals surface area contributed by atoms with Gasteiger partial charge in [-0.15, -0.1) is 0 Å². The normalized spacial score (nSPS) is 15.0. The number of piperazine rings is 1. The highest BCUT2D eigenvalue weighted by Gasteiger charge is 2.40. The fourth-order valence-electron chi connectivity index (χ4n) is 6.87. The summed E-state index contributed by atoms with van der Waals surface area (Å²) >= 11 is 6.18. The molecule has 0 saturated carbocycles. The first-order valence-electron chi connectivity index (χ1n) is 17.9. The van der Waals surface area contributed by atoms with Gasteiger partial charge in [-0.05, 0) is 85.5 Å². The Hall–Kier alpha value is -6.25. The summed E-state index contributed by atoms with van der Waals surface area (Å²) in [5, 5.41) is 18.3. The van der Waals surface area contributed by atoms with Crippen LogP contribution in [0.2, 0.25) is 5.02 Å². The standard InChI is InChI=1S/C43H40ClN5O6/c1-43(2,3)55-41(52)48-21-22-49(42(53)54-26-36-33-11-7-5-9-31(33)32-10-6-8-12-34(32)36)37(25-48)40(51)45-30-18-14-27(15-19-30)13-16-28-24-47(4)46-39(28)35-23-29(44)17-20-38(35)50/h5-12,14-15,17-20,23-24,36-37,50H,21-22,25-26H2,1-4H3,(H,45,51)/t37-/m0/s1. The monoisotopic (exact) mass is 757 g/mol. The molecule has 5 aromatic rings. The Bertz CT molecular complexity index is 2290. The number of fused-ring (bicyclic) bond motifs is 3. The predicted molar refractivity (Wildman–Crippen MR) is 210 cm³/mol. The number of hydrogen-bond acceptors (Lipinski definition) is 7. The van der Waals surface area contributed by atoms with Crippen LogP contribution in [0.3, 0.4) is 0 Å². The molecule has 4 aromatic carbocycles. The molecule has 1 aliphatic carbocycles. The van der Waals surface area contributed by atoms with Gasteiger partial charge in [0.25, 0.3) is 0 Å². The van der Waals surface area contributed by atoms with E-state index in [1.807, 2.05) is 36.4 Å². The van der Waals surface area contributed by atoms with Gasteiger partial charge in [-0.3, -0.25) is 14.4 Å². The molecule has 1 fully saturated rings. The quantitative estimate of drug-likeness (QED) is 0.177. The van der Waals surface area contributed by atoms with E-state index < -0.39 is 29.7 Å². The number of nitrogens with zero attached hydrogens (tertiary/aromatic N) is 4. The Labute approximate surface area is 324 Å². The summed E-state index contributed by atoms with van der Waals surface area (Å²) < 4.78 is 13.2. The highest BCUT2D eigenvalue weighted by Crippen LogP contribution is 2.44. The number of hydrogen-bond donors (Lipinski definition) is 2. The minimum Gasteiger partial charge on any atom is -0.507 e. The van der Waals surface area contributed by atoms with Crippen LogP contribution in [0.5, 0.6) is 5.75 Å². The van der Waals surface area contributed by atoms with Crippen molar-refractivity contribution in [2.45, 2.75) is 38.3 Å². The Morgan fingerprint density at radius 1 is 0.891 bits per heavy atom. The Morgan fingerprint density at radius 2 is 1.56 bits per heavy atom. The zero-order chi connectivity index (χ0) is 38.9. The molecule has 2 heterocycles. The number of anilines is 1. The molecule has 7 rings (SSSR count). The van der Waals surface area contributed by atoms with Crippen molar-refractivity contribution in [1.29, 1.82) is 0 Å². The number of rotatable bonds is 5. The van der Waals surface area contributed by atoms with Gasteiger partial charge in [0, 0.05) is 54.1 Å². The van der Waals surface area contributed by atoms with Gasteiger partial charge in [-0.2, -0.15) is 5.10 Å². The average molecular weight is 758 g/mol. The second-order valence-electron chi connectivity index (χ2n) is 14.5. The molecule has 1 atom stereocenters. The summed E-state index contributed by atoms with van der Waals surface area (Å²) in [5.74, 6) is 5.63. The van der Waals surface area contributed by atoms with Crippen LogP contribution in [0.4, 0.5) is 15.3 Å². The maximum absolute atomic E-state index is 13.9. The molecule has 2 aliphatic rings. The third-order valence-electron chi connectivity index (χ3n) is 9.44. The zero-order valence-corrected chi connectivity index (χ0v) is 31.6. The Morgan fingerprint density at radius 3 is 2.24 bits per heavy atom. The third kappa shape index (κ3) is 8.15. The number of phenols is 1. The summed E-state index contributed by atoms with van der Waals surface area (Å²) in [7, 11) is 1.77. The molecule has 0 unspecified atom stereocenters. The van der Waals surface area contributed by atoms with Gasteiger partial charge < -0.3 is 24.8 Å². The van der Waals surface area contributed by atoms with Crippen LogP contribution in [0.25, 0.3) is 22.4 Å². The highest BCUT2D eigenvalue weighted by molar-refractivity contribution is 6.31. The van der Waals surface area contributed by atoms with Gasteiger partial charge >= 0.3 is 12.2 Å². The van der Waals surface area contributed by atoms with Crippen LogP contribution in [0.15, 0.2) is 97.2 Å². The maximum Gasteiger partial charge on any atom is 0.410 e. The minimum absolute atomic E-state index is 0.0376. The first kappa shape index (κ1) is 37.1. The van der Waals surface area contributed by atoms with E-state index in [9.17, 15) is 19.5 Å². The molecular formula is C43H40ClN5O6. The zero-order valence-electron chi connectivity index (χ0n) is 30.9. The van der Waals surface area contributed by atoms with E-state index in [2.05, 4.69) is 34.4 Å². The summed E-state index contributed by atoms with van der Waals surface area (Å²) in [4.78, 5) is 43.6. The topological polar surface area (TPSA) is 126 Å². The fourth-order valence-corrected chi connectivity index (χ4v) is 7.05. The number of aromatic hydroxyl groups is 1. The van der Waals surface area contributed by atoms with Crippen LogP contribution >= 0.6 is 11.6 Å². The molecule has 12 heteroatoms. The second kappa shape index (κ2) is 15.2. The average Bonchev–Trinajstić information content (AvgIpc) is 3.70. The summed E-state index contributed by atoms with van der Waals surface area (Å²) in [6.07, 6.45) is 0.546. The van der Waals surface area contributed by atoms with Gasteiger partial charge in [0.05, 0.1) is 12.1 Å². The van der Waals surface area contributed by atoms with Crippen molar-refractivity contribution in [1.82, 2.24) is 19.6 Å². The van der Waals surface area contributed by atoms with E-state index in [1.165, 1.54) is 15.9 Å². The first-order chi connectivity index (χ1) is 26.3. The summed E-state index contributed by atoms with van der Waals surface area (Å²) in [6, 6.07) is 26.8. The number of halogens is 1. The smallest absolute Gasteiger partial charge is 0.410 e. The lowest BCUT2D eigenvalue weighted by atomic mass is 9.98. The van der Waals surface area contributed by atoms with E-state index in [4.69, 9.17) is 21.1 Å². The number of aryl methyl sites for hydroxylation is 1. The van der Waals surface area contributed by atoms with Gasteiger partial charge in [-0.25, -0.2) is 9.59 Å². The van der Waals surface area contributed by atoms with Gasteiger partial charge in [0.15, 0.2) is 0 Å². The lowest BCUT2D eigenvalue weighted by molar-refractivity contribution is -0.122. The lowest BCUT2D eigenvalue weighted by Gasteiger charge is -2.40. The number of amides is 3. The molecule has 0 radical (unpaired) electrons. The summed E-state index contributed by atoms with van der Waals surface area (Å²) in [5.41, 5.74) is 6.34. The maximum atomic E-state index is 13.9. The molecule has 0 bridgehead atoms. The van der Waals surface area contributed by atoms with Crippen molar-refractivity contribution >= 4 is 35.4 Å². The molecule has 3 amide bonds. The van der Waals surface area contributed by atoms with E-state index in [0.29, 0.717) is 33.1 Å². The number of aromatic nitrogens is 2. The number of nitrogens with one attached hydrogen (secondary N) is 1. The van der Waals surface area contributed by atoms with Crippen LogP contribution < -0.4 is 5.32 Å². The van der Waals surface area contributed by atoms with Crippen molar-refractivity contribution in [3.8, 4) is 40.0 Å². The molecule has 280 valence electrons. The van der Waals surface area contributed by atoms with Crippen molar-refractivity contribution in [2.75, 3.05) is 31.6 Å². The van der Waals surface area contributed by atoms with Crippen LogP contribution in [-0.2, 0) is 21.3 Å². The minimum atomic E-state index is -1.05. The summed E-state index contributed by atoms with van der Waals surface area (Å²) in [6.45, 7) is 5.58. The Balaban J connectivity index is 1.07. The molecule has 1 aliphatic heterocycles. The Kier molecular flexibility index (Phi) is 10.3. The van der Waals surface area contributed by atoms with E-state index in [0.717, 1.165) is 22.3 Å². The van der Waals surface area contributed by atoms with Crippen molar-refractivity contribution < 1.29 is 29.0 Å². The van der Waals surface area contributed by atoms with Crippen LogP contribution in [-0.4, -0.2) is 80.7 Å². The van der Waals surface area contributed by atoms with Crippen LogP contribution in [0, 0.1) is 11.8 Å². The number of phenolic OH excluding ortho intramolecular Hbond substituents is 1. The van der Waals surface area contributed by atoms with Crippen molar-refractivity contribution in [3.63, 3.8) is 0 Å². The highest BCUT2D eigenvalue weighted by atomic mass is 35.5. The molecule has 11 nitrogen and oxygen atoms in total. The third-order valence-corrected chi connectivity index (χ3v) is 9.68. The fraction of sp³-hybridized carbons (Fsp3) is 0.256. The SMILES string of the molecule is Cn1cc(C#Cc2ccc(NC(=O)[C@@H]3CN(C(=O)OC(C)(C)C)CCN3C(=O)OCC3c4ccccc4-c4ccccc43)cc2)c(-c2cc(Cl)ccc2O)n1. The molecule has 0 spiro atoms. The molecule has 2 N–H and O–H groups in total. The predicted octanol–water partition coefficient (Wildman–Crippen LogP) is 7.65. The van der Waals surface area contributed by atoms with Gasteiger partial charge in [-0.1, -0.05) is 72.0 Å². The van der Waals surface area contributed by atoms with Crippen molar-refractivity contribution in [3.05, 3.63) is 124 Å². The van der Waals surface area contributed by atoms with E-state index >= 15 is 0 Å². The van der Waals surface area contributed by atoms with Crippen LogP contribution in [0.1, 0.15) is 48.9 Å². The number of carbonyl (C=O) groups is 3. The lowest BCUT2D eigenvalue weighted by Crippen LogP contribution is -2.61. The van der Waals surface area contributed by atoms with Crippen molar-refractivity contribution in [2.24, 2.45) is 7.05 Å². The first-order valence-corrected chi connectivity index (χ1v) is 18.3. The second-order valence-corrected chi connectivity index (χ2v) is 14.9. The van der Waals surface area contributed by atoms with Gasteiger partial charge in [0.2, 0.25) is 5.91 Å².